The Morgan fingerprint density at radius 2 is 2.08 bits per heavy atom. The fraction of sp³-hybridized carbons (Fsp3) is 0.308. The molecule has 0 radical (unpaired) electrons. The van der Waals surface area contributed by atoms with Crippen molar-refractivity contribution in [2.75, 3.05) is 31.7 Å². The summed E-state index contributed by atoms with van der Waals surface area (Å²) >= 11 is 0. The monoisotopic (exact) mass is 506 g/mol. The van der Waals surface area contributed by atoms with Crippen molar-refractivity contribution in [3.63, 3.8) is 0 Å². The maximum absolute atomic E-state index is 14.9. The van der Waals surface area contributed by atoms with Gasteiger partial charge in [0.15, 0.2) is 5.65 Å². The number of ether oxygens (including phenoxy) is 2. The molecular formula is C26H27FN6O4. The first kappa shape index (κ1) is 24.6. The number of pyridine rings is 2. The summed E-state index contributed by atoms with van der Waals surface area (Å²) in [5.41, 5.74) is 4.11. The van der Waals surface area contributed by atoms with Gasteiger partial charge in [0.1, 0.15) is 12.4 Å². The van der Waals surface area contributed by atoms with Crippen LogP contribution >= 0.6 is 0 Å². The van der Waals surface area contributed by atoms with E-state index in [0.29, 0.717) is 60.0 Å². The SMILES string of the molecule is Cc1cc(F)c(NC(=O)NC2CCOCC2)cc1-c1cc(OCCO)nc(-c2ccnc3[nH]ncc23)c1. The highest BCUT2D eigenvalue weighted by molar-refractivity contribution is 5.93. The molecule has 192 valence electrons. The Hall–Kier alpha value is -4.09. The molecule has 4 heterocycles. The van der Waals surface area contributed by atoms with Crippen LogP contribution in [0.1, 0.15) is 18.4 Å². The highest BCUT2D eigenvalue weighted by Crippen LogP contribution is 2.35. The summed E-state index contributed by atoms with van der Waals surface area (Å²) in [7, 11) is 0. The summed E-state index contributed by atoms with van der Waals surface area (Å²) in [6.07, 6.45) is 4.75. The Labute approximate surface area is 212 Å². The quantitative estimate of drug-likeness (QED) is 0.299. The minimum absolute atomic E-state index is 0.0177. The fourth-order valence-electron chi connectivity index (χ4n) is 4.36. The molecule has 1 fully saturated rings. The number of aliphatic hydroxyl groups excluding tert-OH is 1. The highest BCUT2D eigenvalue weighted by atomic mass is 19.1. The lowest BCUT2D eigenvalue weighted by atomic mass is 9.98. The van der Waals surface area contributed by atoms with Crippen molar-refractivity contribution >= 4 is 22.8 Å². The number of carbonyl (C=O) groups is 1. The van der Waals surface area contributed by atoms with E-state index < -0.39 is 11.8 Å². The first-order chi connectivity index (χ1) is 18.0. The number of halogens is 1. The number of anilines is 1. The van der Waals surface area contributed by atoms with Crippen molar-refractivity contribution < 1.29 is 23.8 Å². The molecule has 0 aliphatic carbocycles. The third kappa shape index (κ3) is 5.52. The Bertz CT molecular complexity index is 1420. The molecule has 1 aliphatic rings. The van der Waals surface area contributed by atoms with Gasteiger partial charge in [-0.15, -0.1) is 0 Å². The zero-order valence-electron chi connectivity index (χ0n) is 20.3. The lowest BCUT2D eigenvalue weighted by molar-refractivity contribution is 0.0806. The molecule has 37 heavy (non-hydrogen) atoms. The molecule has 3 aromatic heterocycles. The largest absolute Gasteiger partial charge is 0.475 e. The molecule has 0 spiro atoms. The van der Waals surface area contributed by atoms with E-state index in [2.05, 4.69) is 30.8 Å². The van der Waals surface area contributed by atoms with Crippen molar-refractivity contribution in [1.29, 1.82) is 0 Å². The molecule has 1 aliphatic heterocycles. The minimum Gasteiger partial charge on any atom is -0.475 e. The first-order valence-corrected chi connectivity index (χ1v) is 12.0. The number of urea groups is 1. The number of nitrogens with zero attached hydrogens (tertiary/aromatic N) is 3. The van der Waals surface area contributed by atoms with E-state index in [1.807, 2.05) is 12.1 Å². The maximum atomic E-state index is 14.9. The van der Waals surface area contributed by atoms with E-state index in [1.165, 1.54) is 6.07 Å². The average Bonchev–Trinajstić information content (AvgIpc) is 3.38. The van der Waals surface area contributed by atoms with Crippen LogP contribution in [0.4, 0.5) is 14.9 Å². The van der Waals surface area contributed by atoms with Crippen molar-refractivity contribution in [3.8, 4) is 28.3 Å². The van der Waals surface area contributed by atoms with Crippen LogP contribution in [-0.2, 0) is 4.74 Å². The molecule has 0 unspecified atom stereocenters. The lowest BCUT2D eigenvalue weighted by Gasteiger charge is -2.23. The van der Waals surface area contributed by atoms with Crippen LogP contribution in [0.3, 0.4) is 0 Å². The van der Waals surface area contributed by atoms with E-state index in [4.69, 9.17) is 9.47 Å². The third-order valence-electron chi connectivity index (χ3n) is 6.20. The first-order valence-electron chi connectivity index (χ1n) is 12.0. The summed E-state index contributed by atoms with van der Waals surface area (Å²) in [5.74, 6) is -0.242. The number of aryl methyl sites for hydroxylation is 1. The number of amides is 2. The van der Waals surface area contributed by atoms with Gasteiger partial charge in [-0.1, -0.05) is 0 Å². The van der Waals surface area contributed by atoms with Crippen LogP contribution in [0.2, 0.25) is 0 Å². The van der Waals surface area contributed by atoms with Gasteiger partial charge in [0.25, 0.3) is 0 Å². The smallest absolute Gasteiger partial charge is 0.319 e. The summed E-state index contributed by atoms with van der Waals surface area (Å²) in [4.78, 5) is 21.5. The molecule has 10 nitrogen and oxygen atoms in total. The van der Waals surface area contributed by atoms with Gasteiger partial charge in [0, 0.05) is 42.5 Å². The van der Waals surface area contributed by atoms with E-state index >= 15 is 0 Å². The summed E-state index contributed by atoms with van der Waals surface area (Å²) in [5, 5.41) is 22.5. The molecule has 4 aromatic rings. The maximum Gasteiger partial charge on any atom is 0.319 e. The number of aromatic nitrogens is 4. The van der Waals surface area contributed by atoms with Crippen LogP contribution in [0.15, 0.2) is 42.7 Å². The predicted molar refractivity (Wildman–Crippen MR) is 136 cm³/mol. The van der Waals surface area contributed by atoms with Gasteiger partial charge in [0.05, 0.1) is 24.2 Å². The van der Waals surface area contributed by atoms with Crippen LogP contribution in [0.25, 0.3) is 33.4 Å². The number of aromatic amines is 1. The molecule has 11 heteroatoms. The Kier molecular flexibility index (Phi) is 7.24. The molecule has 0 atom stereocenters. The second kappa shape index (κ2) is 10.9. The van der Waals surface area contributed by atoms with Gasteiger partial charge in [-0.05, 0) is 60.7 Å². The molecule has 5 rings (SSSR count). The summed E-state index contributed by atoms with van der Waals surface area (Å²) in [6.45, 7) is 2.85. The zero-order valence-corrected chi connectivity index (χ0v) is 20.3. The fourth-order valence-corrected chi connectivity index (χ4v) is 4.36. The third-order valence-corrected chi connectivity index (χ3v) is 6.20. The standard InChI is InChI=1S/C26H27FN6O4/c1-15-10-21(27)23(32-26(35)30-17-3-7-36-8-4-17)13-19(15)16-11-22(31-24(12-16)37-9-6-34)18-2-5-28-25-20(18)14-29-33-25/h2,5,10-14,17,34H,3-4,6-9H2,1H3,(H,28,29,33)(H2,30,32,35). The van der Waals surface area contributed by atoms with Crippen LogP contribution in [0.5, 0.6) is 5.88 Å². The van der Waals surface area contributed by atoms with Crippen LogP contribution in [-0.4, -0.2) is 63.8 Å². The van der Waals surface area contributed by atoms with Gasteiger partial charge in [-0.2, -0.15) is 5.10 Å². The van der Waals surface area contributed by atoms with Gasteiger partial charge in [0.2, 0.25) is 5.88 Å². The number of benzene rings is 1. The van der Waals surface area contributed by atoms with E-state index in [9.17, 15) is 14.3 Å². The average molecular weight is 507 g/mol. The van der Waals surface area contributed by atoms with Crippen molar-refractivity contribution in [2.45, 2.75) is 25.8 Å². The summed E-state index contributed by atoms with van der Waals surface area (Å²) in [6, 6.07) is 7.90. The van der Waals surface area contributed by atoms with Gasteiger partial charge >= 0.3 is 6.03 Å². The van der Waals surface area contributed by atoms with Gasteiger partial charge in [-0.3, -0.25) is 5.10 Å². The van der Waals surface area contributed by atoms with E-state index in [-0.39, 0.29) is 24.9 Å². The molecule has 0 bridgehead atoms. The number of nitrogens with one attached hydrogen (secondary N) is 3. The number of rotatable bonds is 7. The van der Waals surface area contributed by atoms with Crippen molar-refractivity contribution in [1.82, 2.24) is 25.5 Å². The number of hydrogen-bond donors (Lipinski definition) is 4. The minimum atomic E-state index is -0.538. The molecular weight excluding hydrogens is 479 g/mol. The lowest BCUT2D eigenvalue weighted by Crippen LogP contribution is -2.41. The molecule has 1 saturated heterocycles. The molecule has 1 aromatic carbocycles. The Balaban J connectivity index is 1.51. The normalized spacial score (nSPS) is 14.0. The van der Waals surface area contributed by atoms with Crippen molar-refractivity contribution in [2.24, 2.45) is 0 Å². The molecule has 0 saturated carbocycles. The van der Waals surface area contributed by atoms with Crippen LogP contribution < -0.4 is 15.4 Å². The predicted octanol–water partition coefficient (Wildman–Crippen LogP) is 3.81. The number of carbonyl (C=O) groups excluding carboxylic acids is 1. The Morgan fingerprint density at radius 3 is 2.89 bits per heavy atom. The zero-order chi connectivity index (χ0) is 25.8. The molecule has 2 amide bonds. The molecule has 4 N–H and O–H groups in total. The highest BCUT2D eigenvalue weighted by Gasteiger charge is 2.19. The number of hydrogen-bond acceptors (Lipinski definition) is 7. The van der Waals surface area contributed by atoms with Gasteiger partial charge < -0.3 is 25.2 Å². The number of aliphatic hydroxyl groups is 1. The van der Waals surface area contributed by atoms with E-state index in [1.54, 1.807) is 31.5 Å². The second-order valence-electron chi connectivity index (χ2n) is 8.77. The van der Waals surface area contributed by atoms with Crippen LogP contribution in [0, 0.1) is 12.7 Å². The summed E-state index contributed by atoms with van der Waals surface area (Å²) < 4.78 is 25.8. The second-order valence-corrected chi connectivity index (χ2v) is 8.77. The van der Waals surface area contributed by atoms with Gasteiger partial charge in [-0.25, -0.2) is 19.2 Å². The van der Waals surface area contributed by atoms with E-state index in [0.717, 1.165) is 10.9 Å². The van der Waals surface area contributed by atoms with Crippen molar-refractivity contribution in [3.05, 3.63) is 54.1 Å². The number of H-pyrrole nitrogens is 1. The topological polar surface area (TPSA) is 134 Å². The number of fused-ring (bicyclic) bond motifs is 1. The Morgan fingerprint density at radius 1 is 1.24 bits per heavy atom.